The van der Waals surface area contributed by atoms with Crippen molar-refractivity contribution in [3.05, 3.63) is 71.1 Å². The standard InChI is InChI=1S/C18H18FN5O2/c1-11-15(10-17(25)21-22-18(26)16-4-3-9-20-16)12(2)24(23-11)14-7-5-13(19)6-8-14/h3-9,20H,10H2,1-2H3,(H,21,25)(H,22,26). The Bertz CT molecular complexity index is 929. The summed E-state index contributed by atoms with van der Waals surface area (Å²) in [6.45, 7) is 3.64. The number of carbonyl (C=O) groups excluding carboxylic acids is 2. The van der Waals surface area contributed by atoms with Crippen molar-refractivity contribution >= 4 is 11.8 Å². The van der Waals surface area contributed by atoms with Gasteiger partial charge in [0.05, 0.1) is 17.8 Å². The average Bonchev–Trinajstić information content (AvgIpc) is 3.25. The number of nitrogens with zero attached hydrogens (tertiary/aromatic N) is 2. The van der Waals surface area contributed by atoms with Crippen LogP contribution in [0.2, 0.25) is 0 Å². The highest BCUT2D eigenvalue weighted by Crippen LogP contribution is 2.18. The Morgan fingerprint density at radius 3 is 2.54 bits per heavy atom. The lowest BCUT2D eigenvalue weighted by Gasteiger charge is -2.07. The number of H-pyrrole nitrogens is 1. The summed E-state index contributed by atoms with van der Waals surface area (Å²) in [6, 6.07) is 9.24. The topological polar surface area (TPSA) is 91.8 Å². The predicted octanol–water partition coefficient (Wildman–Crippen LogP) is 1.96. The van der Waals surface area contributed by atoms with Gasteiger partial charge >= 0.3 is 0 Å². The molecule has 0 unspecified atom stereocenters. The molecule has 3 N–H and O–H groups in total. The van der Waals surface area contributed by atoms with Gasteiger partial charge in [-0.15, -0.1) is 0 Å². The van der Waals surface area contributed by atoms with Gasteiger partial charge in [-0.2, -0.15) is 5.10 Å². The molecule has 8 heteroatoms. The van der Waals surface area contributed by atoms with E-state index in [1.54, 1.807) is 42.1 Å². The molecule has 0 saturated carbocycles. The van der Waals surface area contributed by atoms with E-state index in [0.717, 1.165) is 11.3 Å². The minimum atomic E-state index is -0.432. The SMILES string of the molecule is Cc1nn(-c2ccc(F)cc2)c(C)c1CC(=O)NNC(=O)c1ccc[nH]1. The number of nitrogens with one attached hydrogen (secondary N) is 3. The third kappa shape index (κ3) is 3.64. The molecular formula is C18H18FN5O2. The quantitative estimate of drug-likeness (QED) is 0.625. The molecule has 0 bridgehead atoms. The van der Waals surface area contributed by atoms with Crippen LogP contribution in [-0.4, -0.2) is 26.6 Å². The van der Waals surface area contributed by atoms with Crippen molar-refractivity contribution in [1.82, 2.24) is 25.6 Å². The second-order valence-corrected chi connectivity index (χ2v) is 5.80. The van der Waals surface area contributed by atoms with Crippen molar-refractivity contribution in [2.45, 2.75) is 20.3 Å². The van der Waals surface area contributed by atoms with Crippen molar-refractivity contribution in [2.75, 3.05) is 0 Å². The van der Waals surface area contributed by atoms with Gasteiger partial charge in [0.1, 0.15) is 11.5 Å². The first-order valence-electron chi connectivity index (χ1n) is 7.99. The van der Waals surface area contributed by atoms with Gasteiger partial charge in [0.2, 0.25) is 5.91 Å². The van der Waals surface area contributed by atoms with Gasteiger partial charge < -0.3 is 4.98 Å². The lowest BCUT2D eigenvalue weighted by atomic mass is 10.1. The molecular weight excluding hydrogens is 337 g/mol. The number of aryl methyl sites for hydroxylation is 1. The van der Waals surface area contributed by atoms with E-state index in [2.05, 4.69) is 20.9 Å². The fourth-order valence-corrected chi connectivity index (χ4v) is 2.63. The van der Waals surface area contributed by atoms with Gasteiger partial charge in [-0.25, -0.2) is 9.07 Å². The molecule has 0 atom stereocenters. The Kier molecular flexibility index (Phi) is 4.83. The lowest BCUT2D eigenvalue weighted by molar-refractivity contribution is -0.121. The maximum absolute atomic E-state index is 13.1. The number of aromatic nitrogens is 3. The molecule has 0 aliphatic carbocycles. The summed E-state index contributed by atoms with van der Waals surface area (Å²) in [7, 11) is 0. The molecule has 0 aliphatic heterocycles. The van der Waals surface area contributed by atoms with Gasteiger partial charge in [-0.3, -0.25) is 20.4 Å². The lowest BCUT2D eigenvalue weighted by Crippen LogP contribution is -2.42. The first-order valence-corrected chi connectivity index (χ1v) is 7.99. The zero-order valence-corrected chi connectivity index (χ0v) is 14.3. The van der Waals surface area contributed by atoms with Crippen LogP contribution >= 0.6 is 0 Å². The van der Waals surface area contributed by atoms with Crippen molar-refractivity contribution in [3.8, 4) is 5.69 Å². The van der Waals surface area contributed by atoms with Gasteiger partial charge in [0.25, 0.3) is 5.91 Å². The second-order valence-electron chi connectivity index (χ2n) is 5.80. The van der Waals surface area contributed by atoms with Crippen LogP contribution in [-0.2, 0) is 11.2 Å². The minimum absolute atomic E-state index is 0.0594. The Morgan fingerprint density at radius 1 is 1.15 bits per heavy atom. The van der Waals surface area contributed by atoms with Crippen molar-refractivity contribution < 1.29 is 14.0 Å². The molecule has 2 amide bonds. The number of carbonyl (C=O) groups is 2. The summed E-state index contributed by atoms with van der Waals surface area (Å²) in [5.74, 6) is -1.12. The van der Waals surface area contributed by atoms with E-state index in [-0.39, 0.29) is 18.1 Å². The van der Waals surface area contributed by atoms with Crippen LogP contribution in [0.1, 0.15) is 27.4 Å². The van der Waals surface area contributed by atoms with E-state index < -0.39 is 5.91 Å². The van der Waals surface area contributed by atoms with Crippen LogP contribution in [0.15, 0.2) is 42.6 Å². The van der Waals surface area contributed by atoms with E-state index in [4.69, 9.17) is 0 Å². The van der Waals surface area contributed by atoms with Crippen LogP contribution in [0.25, 0.3) is 5.69 Å². The number of halogens is 1. The third-order valence-corrected chi connectivity index (χ3v) is 4.01. The third-order valence-electron chi connectivity index (χ3n) is 4.01. The first kappa shape index (κ1) is 17.4. The molecule has 2 heterocycles. The van der Waals surface area contributed by atoms with Crippen molar-refractivity contribution in [1.29, 1.82) is 0 Å². The molecule has 2 aromatic heterocycles. The summed E-state index contributed by atoms with van der Waals surface area (Å²) in [5.41, 5.74) is 8.01. The van der Waals surface area contributed by atoms with E-state index in [1.807, 2.05) is 6.92 Å². The summed E-state index contributed by atoms with van der Waals surface area (Å²) in [4.78, 5) is 26.7. The highest BCUT2D eigenvalue weighted by atomic mass is 19.1. The minimum Gasteiger partial charge on any atom is -0.357 e. The normalized spacial score (nSPS) is 10.6. The molecule has 0 fully saturated rings. The monoisotopic (exact) mass is 355 g/mol. The molecule has 7 nitrogen and oxygen atoms in total. The van der Waals surface area contributed by atoms with Gasteiger partial charge in [0, 0.05) is 17.5 Å². The Morgan fingerprint density at radius 2 is 1.88 bits per heavy atom. The van der Waals surface area contributed by atoms with Crippen LogP contribution in [0.4, 0.5) is 4.39 Å². The summed E-state index contributed by atoms with van der Waals surface area (Å²) in [6.07, 6.45) is 1.68. The fraction of sp³-hybridized carbons (Fsp3) is 0.167. The maximum Gasteiger partial charge on any atom is 0.286 e. The highest BCUT2D eigenvalue weighted by molar-refractivity contribution is 5.93. The number of hydrogen-bond acceptors (Lipinski definition) is 3. The molecule has 3 rings (SSSR count). The van der Waals surface area contributed by atoms with E-state index in [9.17, 15) is 14.0 Å². The first-order chi connectivity index (χ1) is 12.5. The number of aromatic amines is 1. The molecule has 134 valence electrons. The Balaban J connectivity index is 1.68. The van der Waals surface area contributed by atoms with E-state index >= 15 is 0 Å². The van der Waals surface area contributed by atoms with E-state index in [1.165, 1.54) is 12.1 Å². The second kappa shape index (κ2) is 7.22. The smallest absolute Gasteiger partial charge is 0.286 e. The maximum atomic E-state index is 13.1. The molecule has 26 heavy (non-hydrogen) atoms. The highest BCUT2D eigenvalue weighted by Gasteiger charge is 2.16. The molecule has 1 aromatic carbocycles. The van der Waals surface area contributed by atoms with Gasteiger partial charge in [0.15, 0.2) is 0 Å². The average molecular weight is 355 g/mol. The number of hydrogen-bond donors (Lipinski definition) is 3. The molecule has 0 saturated heterocycles. The zero-order valence-electron chi connectivity index (χ0n) is 14.3. The van der Waals surface area contributed by atoms with Crippen LogP contribution in [0.3, 0.4) is 0 Å². The molecule has 3 aromatic rings. The van der Waals surface area contributed by atoms with Gasteiger partial charge in [-0.1, -0.05) is 0 Å². The number of amides is 2. The van der Waals surface area contributed by atoms with Gasteiger partial charge in [-0.05, 0) is 50.2 Å². The van der Waals surface area contributed by atoms with Crippen molar-refractivity contribution in [3.63, 3.8) is 0 Å². The molecule has 0 aliphatic rings. The number of rotatable bonds is 4. The summed E-state index contributed by atoms with van der Waals surface area (Å²) < 4.78 is 14.8. The van der Waals surface area contributed by atoms with E-state index in [0.29, 0.717) is 17.1 Å². The number of benzene rings is 1. The summed E-state index contributed by atoms with van der Waals surface area (Å²) >= 11 is 0. The Labute approximate surface area is 149 Å². The summed E-state index contributed by atoms with van der Waals surface area (Å²) in [5, 5.41) is 4.42. The van der Waals surface area contributed by atoms with Crippen LogP contribution in [0.5, 0.6) is 0 Å². The predicted molar refractivity (Wildman–Crippen MR) is 93.1 cm³/mol. The molecule has 0 spiro atoms. The van der Waals surface area contributed by atoms with Crippen LogP contribution in [0, 0.1) is 19.7 Å². The zero-order chi connectivity index (χ0) is 18.7. The Hall–Kier alpha value is -3.42. The van der Waals surface area contributed by atoms with Crippen molar-refractivity contribution in [2.24, 2.45) is 0 Å². The molecule has 0 radical (unpaired) electrons. The van der Waals surface area contributed by atoms with Crippen LogP contribution < -0.4 is 10.9 Å². The number of hydrazine groups is 1. The fourth-order valence-electron chi connectivity index (χ4n) is 2.63. The largest absolute Gasteiger partial charge is 0.357 e.